The van der Waals surface area contributed by atoms with E-state index in [1.807, 2.05) is 6.26 Å². The number of rotatable bonds is 6. The lowest BCUT2D eigenvalue weighted by Crippen LogP contribution is -2.41. The van der Waals surface area contributed by atoms with Crippen LogP contribution in [0.1, 0.15) is 16.1 Å². The summed E-state index contributed by atoms with van der Waals surface area (Å²) < 4.78 is 0.689. The summed E-state index contributed by atoms with van der Waals surface area (Å²) in [5.41, 5.74) is 0. The van der Waals surface area contributed by atoms with Gasteiger partial charge in [0.15, 0.2) is 0 Å². The van der Waals surface area contributed by atoms with Crippen molar-refractivity contribution < 1.29 is 14.7 Å². The van der Waals surface area contributed by atoms with Gasteiger partial charge in [-0.1, -0.05) is 0 Å². The summed E-state index contributed by atoms with van der Waals surface area (Å²) >= 11 is 6.08. The molecule has 4 nitrogen and oxygen atoms in total. The molecule has 0 spiro atoms. The first-order valence-corrected chi connectivity index (χ1v) is 7.88. The van der Waals surface area contributed by atoms with Crippen molar-refractivity contribution in [3.05, 3.63) is 20.8 Å². The van der Waals surface area contributed by atoms with Gasteiger partial charge in [0.1, 0.15) is 10.9 Å². The first-order chi connectivity index (χ1) is 8.06. The van der Waals surface area contributed by atoms with E-state index in [9.17, 15) is 9.59 Å². The Morgan fingerprint density at radius 2 is 2.35 bits per heavy atom. The zero-order chi connectivity index (χ0) is 12.8. The summed E-state index contributed by atoms with van der Waals surface area (Å²) in [6.07, 6.45) is 2.32. The number of nitrogens with one attached hydrogen (secondary N) is 1. The Morgan fingerprint density at radius 3 is 2.82 bits per heavy atom. The summed E-state index contributed by atoms with van der Waals surface area (Å²) in [4.78, 5) is 23.3. The van der Waals surface area contributed by atoms with E-state index in [1.165, 1.54) is 11.3 Å². The molecule has 0 saturated heterocycles. The second-order valence-corrected chi connectivity index (χ2v) is 6.00. The van der Waals surface area contributed by atoms with E-state index in [0.29, 0.717) is 21.5 Å². The van der Waals surface area contributed by atoms with Gasteiger partial charge in [-0.05, 0) is 45.8 Å². The SMILES string of the molecule is CSCC[C@H](NC(=O)c1sccc1Br)C(=O)O. The number of thiophene rings is 1. The van der Waals surface area contributed by atoms with E-state index in [2.05, 4.69) is 21.2 Å². The van der Waals surface area contributed by atoms with E-state index in [0.717, 1.165) is 0 Å². The van der Waals surface area contributed by atoms with Gasteiger partial charge in [-0.15, -0.1) is 11.3 Å². The van der Waals surface area contributed by atoms with Crippen molar-refractivity contribution in [1.29, 1.82) is 0 Å². The second-order valence-electron chi connectivity index (χ2n) is 3.24. The minimum absolute atomic E-state index is 0.347. The molecule has 94 valence electrons. The normalized spacial score (nSPS) is 12.1. The number of thioether (sulfide) groups is 1. The predicted molar refractivity (Wildman–Crippen MR) is 73.9 cm³/mol. The quantitative estimate of drug-likeness (QED) is 0.836. The third kappa shape index (κ3) is 4.33. The van der Waals surface area contributed by atoms with Crippen LogP contribution in [0.2, 0.25) is 0 Å². The summed E-state index contributed by atoms with van der Waals surface area (Å²) in [5.74, 6) is -0.650. The molecule has 1 heterocycles. The Kier molecular flexibility index (Phi) is 6.01. The number of hydrogen-bond donors (Lipinski definition) is 2. The molecule has 17 heavy (non-hydrogen) atoms. The molecule has 0 saturated carbocycles. The largest absolute Gasteiger partial charge is 0.480 e. The zero-order valence-corrected chi connectivity index (χ0v) is 12.3. The number of aliphatic carboxylic acids is 1. The molecule has 0 fully saturated rings. The Bertz CT molecular complexity index is 408. The summed E-state index contributed by atoms with van der Waals surface area (Å²) in [7, 11) is 0. The van der Waals surface area contributed by atoms with E-state index < -0.39 is 12.0 Å². The molecule has 1 amide bonds. The number of carbonyl (C=O) groups excluding carboxylic acids is 1. The molecule has 1 aromatic rings. The third-order valence-corrected chi connectivity index (χ3v) is 4.52. The van der Waals surface area contributed by atoms with Gasteiger partial charge >= 0.3 is 5.97 Å². The maximum atomic E-state index is 11.8. The summed E-state index contributed by atoms with van der Waals surface area (Å²) in [6, 6.07) is 0.931. The average Bonchev–Trinajstić information content (AvgIpc) is 2.70. The van der Waals surface area contributed by atoms with Gasteiger partial charge in [-0.25, -0.2) is 4.79 Å². The standard InChI is InChI=1S/C10H12BrNO3S2/c1-16-4-3-7(10(14)15)12-9(13)8-6(11)2-5-17-8/h2,5,7H,3-4H2,1H3,(H,12,13)(H,14,15)/t7-/m0/s1. The highest BCUT2D eigenvalue weighted by Crippen LogP contribution is 2.22. The lowest BCUT2D eigenvalue weighted by atomic mass is 10.2. The molecule has 0 aliphatic carbocycles. The highest BCUT2D eigenvalue weighted by molar-refractivity contribution is 9.10. The fraction of sp³-hybridized carbons (Fsp3) is 0.400. The van der Waals surface area contributed by atoms with Crippen LogP contribution in [0.4, 0.5) is 0 Å². The van der Waals surface area contributed by atoms with Crippen molar-refractivity contribution in [1.82, 2.24) is 5.32 Å². The van der Waals surface area contributed by atoms with Crippen LogP contribution < -0.4 is 5.32 Å². The second kappa shape index (κ2) is 7.03. The number of amides is 1. The molecule has 0 bridgehead atoms. The minimum Gasteiger partial charge on any atom is -0.480 e. The molecular formula is C10H12BrNO3S2. The van der Waals surface area contributed by atoms with Gasteiger partial charge in [0, 0.05) is 4.47 Å². The average molecular weight is 338 g/mol. The highest BCUT2D eigenvalue weighted by atomic mass is 79.9. The Hall–Kier alpha value is -0.530. The van der Waals surface area contributed by atoms with Crippen LogP contribution in [0.3, 0.4) is 0 Å². The maximum absolute atomic E-state index is 11.8. The minimum atomic E-state index is -1.000. The molecule has 2 N–H and O–H groups in total. The molecule has 1 atom stereocenters. The summed E-state index contributed by atoms with van der Waals surface area (Å²) in [6.45, 7) is 0. The maximum Gasteiger partial charge on any atom is 0.326 e. The van der Waals surface area contributed by atoms with Crippen LogP contribution in [0.25, 0.3) is 0 Å². The van der Waals surface area contributed by atoms with Crippen molar-refractivity contribution in [2.75, 3.05) is 12.0 Å². The van der Waals surface area contributed by atoms with E-state index in [4.69, 9.17) is 5.11 Å². The van der Waals surface area contributed by atoms with Gasteiger partial charge in [0.25, 0.3) is 5.91 Å². The number of carbonyl (C=O) groups is 2. The lowest BCUT2D eigenvalue weighted by molar-refractivity contribution is -0.139. The van der Waals surface area contributed by atoms with Gasteiger partial charge in [-0.2, -0.15) is 11.8 Å². The number of carboxylic acid groups (broad SMARTS) is 1. The Morgan fingerprint density at radius 1 is 1.65 bits per heavy atom. The van der Waals surface area contributed by atoms with Crippen LogP contribution in [0.15, 0.2) is 15.9 Å². The van der Waals surface area contributed by atoms with Gasteiger partial charge < -0.3 is 10.4 Å². The van der Waals surface area contributed by atoms with Crippen LogP contribution in [0.5, 0.6) is 0 Å². The smallest absolute Gasteiger partial charge is 0.326 e. The molecular weight excluding hydrogens is 326 g/mol. The third-order valence-electron chi connectivity index (χ3n) is 2.04. The van der Waals surface area contributed by atoms with Gasteiger partial charge in [0.05, 0.1) is 0 Å². The van der Waals surface area contributed by atoms with Crippen molar-refractivity contribution >= 4 is 50.9 Å². The van der Waals surface area contributed by atoms with Gasteiger partial charge in [-0.3, -0.25) is 4.79 Å². The number of hydrogen-bond acceptors (Lipinski definition) is 4. The zero-order valence-electron chi connectivity index (χ0n) is 9.10. The topological polar surface area (TPSA) is 66.4 Å². The molecule has 0 aliphatic heterocycles. The highest BCUT2D eigenvalue weighted by Gasteiger charge is 2.21. The van der Waals surface area contributed by atoms with Crippen LogP contribution in [0, 0.1) is 0 Å². The molecule has 0 unspecified atom stereocenters. The van der Waals surface area contributed by atoms with Gasteiger partial charge in [0.2, 0.25) is 0 Å². The molecule has 7 heteroatoms. The van der Waals surface area contributed by atoms with E-state index in [1.54, 1.807) is 23.2 Å². The predicted octanol–water partition coefficient (Wildman–Crippen LogP) is 2.45. The molecule has 0 radical (unpaired) electrons. The van der Waals surface area contributed by atoms with Crippen molar-refractivity contribution in [2.24, 2.45) is 0 Å². The molecule has 1 aromatic heterocycles. The van der Waals surface area contributed by atoms with Crippen LogP contribution in [-0.4, -0.2) is 35.0 Å². The molecule has 0 aromatic carbocycles. The molecule has 0 aliphatic rings. The van der Waals surface area contributed by atoms with E-state index in [-0.39, 0.29) is 5.91 Å². The monoisotopic (exact) mass is 337 g/mol. The fourth-order valence-corrected chi connectivity index (χ4v) is 3.10. The van der Waals surface area contributed by atoms with E-state index >= 15 is 0 Å². The fourth-order valence-electron chi connectivity index (χ4n) is 1.17. The molecule has 1 rings (SSSR count). The Balaban J connectivity index is 2.64. The van der Waals surface area contributed by atoms with Crippen LogP contribution in [-0.2, 0) is 4.79 Å². The number of carboxylic acids is 1. The van der Waals surface area contributed by atoms with Crippen molar-refractivity contribution in [3.63, 3.8) is 0 Å². The lowest BCUT2D eigenvalue weighted by Gasteiger charge is -2.13. The van der Waals surface area contributed by atoms with Crippen molar-refractivity contribution in [3.8, 4) is 0 Å². The van der Waals surface area contributed by atoms with Crippen LogP contribution >= 0.6 is 39.0 Å². The number of halogens is 1. The summed E-state index contributed by atoms with van der Waals surface area (Å²) in [5, 5.41) is 13.3. The van der Waals surface area contributed by atoms with Crippen molar-refractivity contribution in [2.45, 2.75) is 12.5 Å². The first kappa shape index (κ1) is 14.5. The Labute approximate surface area is 116 Å². The first-order valence-electron chi connectivity index (χ1n) is 4.82.